The number of ether oxygens (including phenoxy) is 1. The summed E-state index contributed by atoms with van der Waals surface area (Å²) in [5.74, 6) is 1.64. The third-order valence-corrected chi connectivity index (χ3v) is 5.69. The molecule has 1 heterocycles. The molecule has 6 heteroatoms. The minimum absolute atomic E-state index is 0.722. The number of methoxy groups -OCH3 is 1. The monoisotopic (exact) mass is 403 g/mol. The first-order valence-electron chi connectivity index (χ1n) is 11.0. The Balaban J connectivity index is 1.58. The van der Waals surface area contributed by atoms with E-state index in [1.165, 1.54) is 37.1 Å². The van der Waals surface area contributed by atoms with Gasteiger partial charge in [-0.05, 0) is 57.8 Å². The van der Waals surface area contributed by atoms with Crippen molar-refractivity contribution in [3.8, 4) is 0 Å². The first-order chi connectivity index (χ1) is 14.1. The third-order valence-electron chi connectivity index (χ3n) is 5.69. The van der Waals surface area contributed by atoms with Crippen LogP contribution in [0.2, 0.25) is 0 Å². The standard InChI is InChI=1S/C23H41N5O/c1-20-6-8-22(9-7-20)19-28-14-10-21(11-15-28)18-26-23(24-2)25-12-16-27(3)13-5-17-29-4/h6-9,21H,5,10-19H2,1-4H3,(H2,24,25,26). The van der Waals surface area contributed by atoms with Crippen molar-refractivity contribution in [1.29, 1.82) is 0 Å². The van der Waals surface area contributed by atoms with Crippen molar-refractivity contribution in [2.45, 2.75) is 32.7 Å². The van der Waals surface area contributed by atoms with Crippen molar-refractivity contribution in [1.82, 2.24) is 20.4 Å². The van der Waals surface area contributed by atoms with Crippen molar-refractivity contribution >= 4 is 5.96 Å². The van der Waals surface area contributed by atoms with E-state index in [1.807, 2.05) is 7.05 Å². The molecule has 1 aliphatic heterocycles. The molecular weight excluding hydrogens is 362 g/mol. The van der Waals surface area contributed by atoms with Gasteiger partial charge in [-0.15, -0.1) is 0 Å². The zero-order valence-corrected chi connectivity index (χ0v) is 18.9. The highest BCUT2D eigenvalue weighted by molar-refractivity contribution is 5.79. The van der Waals surface area contributed by atoms with E-state index < -0.39 is 0 Å². The summed E-state index contributed by atoms with van der Waals surface area (Å²) < 4.78 is 5.11. The Labute approximate surface area is 177 Å². The molecule has 0 amide bonds. The van der Waals surface area contributed by atoms with E-state index in [4.69, 9.17) is 4.74 Å². The summed E-state index contributed by atoms with van der Waals surface area (Å²) in [5.41, 5.74) is 2.75. The van der Waals surface area contributed by atoms with Gasteiger partial charge in [-0.25, -0.2) is 0 Å². The molecule has 0 aliphatic carbocycles. The molecule has 29 heavy (non-hydrogen) atoms. The van der Waals surface area contributed by atoms with Crippen molar-refractivity contribution in [3.63, 3.8) is 0 Å². The van der Waals surface area contributed by atoms with Gasteiger partial charge >= 0.3 is 0 Å². The van der Waals surface area contributed by atoms with E-state index in [-0.39, 0.29) is 0 Å². The highest BCUT2D eigenvalue weighted by Gasteiger charge is 2.19. The second-order valence-corrected chi connectivity index (χ2v) is 8.23. The topological polar surface area (TPSA) is 52.1 Å². The fraction of sp³-hybridized carbons (Fsp3) is 0.696. The number of likely N-dealkylation sites (N-methyl/N-ethyl adjacent to an activating group) is 1. The number of hydrogen-bond donors (Lipinski definition) is 2. The van der Waals surface area contributed by atoms with Gasteiger partial charge in [0.25, 0.3) is 0 Å². The number of rotatable bonds is 11. The van der Waals surface area contributed by atoms with E-state index in [9.17, 15) is 0 Å². The maximum absolute atomic E-state index is 5.11. The Kier molecular flexibility index (Phi) is 11.1. The fourth-order valence-electron chi connectivity index (χ4n) is 3.72. The molecule has 0 saturated carbocycles. The average molecular weight is 404 g/mol. The number of aliphatic imine (C=N–C) groups is 1. The second kappa shape index (κ2) is 13.6. The average Bonchev–Trinajstić information content (AvgIpc) is 2.73. The number of hydrogen-bond acceptors (Lipinski definition) is 4. The van der Waals surface area contributed by atoms with Gasteiger partial charge in [-0.3, -0.25) is 9.89 Å². The molecule has 0 unspecified atom stereocenters. The molecular formula is C23H41N5O. The molecule has 0 aromatic heterocycles. The highest BCUT2D eigenvalue weighted by atomic mass is 16.5. The molecule has 2 rings (SSSR count). The van der Waals surface area contributed by atoms with Crippen LogP contribution < -0.4 is 10.6 Å². The van der Waals surface area contributed by atoms with Gasteiger partial charge < -0.3 is 20.3 Å². The lowest BCUT2D eigenvalue weighted by molar-refractivity contribution is 0.178. The molecule has 2 N–H and O–H groups in total. The van der Waals surface area contributed by atoms with E-state index in [1.54, 1.807) is 7.11 Å². The van der Waals surface area contributed by atoms with Gasteiger partial charge in [0.15, 0.2) is 5.96 Å². The third kappa shape index (κ3) is 9.61. The Morgan fingerprint density at radius 3 is 2.55 bits per heavy atom. The van der Waals surface area contributed by atoms with E-state index in [2.05, 4.69) is 63.7 Å². The fourth-order valence-corrected chi connectivity index (χ4v) is 3.72. The summed E-state index contributed by atoms with van der Waals surface area (Å²) in [6, 6.07) is 8.94. The summed E-state index contributed by atoms with van der Waals surface area (Å²) in [5, 5.41) is 6.95. The molecule has 164 valence electrons. The molecule has 1 aliphatic rings. The predicted molar refractivity (Wildman–Crippen MR) is 123 cm³/mol. The summed E-state index contributed by atoms with van der Waals surface area (Å²) >= 11 is 0. The van der Waals surface area contributed by atoms with Crippen molar-refractivity contribution in [2.75, 3.05) is 67.1 Å². The predicted octanol–water partition coefficient (Wildman–Crippen LogP) is 2.34. The first kappa shape index (κ1) is 23.6. The molecule has 0 spiro atoms. The maximum Gasteiger partial charge on any atom is 0.191 e. The van der Waals surface area contributed by atoms with Crippen molar-refractivity contribution in [3.05, 3.63) is 35.4 Å². The van der Waals surface area contributed by atoms with Gasteiger partial charge in [0.2, 0.25) is 0 Å². The van der Waals surface area contributed by atoms with Gasteiger partial charge in [0.05, 0.1) is 0 Å². The van der Waals surface area contributed by atoms with Gasteiger partial charge in [0.1, 0.15) is 0 Å². The normalized spacial score (nSPS) is 16.4. The lowest BCUT2D eigenvalue weighted by Crippen LogP contribution is -2.44. The molecule has 1 fully saturated rings. The molecule has 1 saturated heterocycles. The zero-order chi connectivity index (χ0) is 20.9. The Hall–Kier alpha value is -1.63. The Morgan fingerprint density at radius 1 is 1.17 bits per heavy atom. The Bertz CT molecular complexity index is 581. The van der Waals surface area contributed by atoms with Crippen LogP contribution in [0, 0.1) is 12.8 Å². The number of nitrogens with one attached hydrogen (secondary N) is 2. The highest BCUT2D eigenvalue weighted by Crippen LogP contribution is 2.18. The number of nitrogens with zero attached hydrogens (tertiary/aromatic N) is 3. The van der Waals surface area contributed by atoms with E-state index >= 15 is 0 Å². The Morgan fingerprint density at radius 2 is 1.90 bits per heavy atom. The minimum Gasteiger partial charge on any atom is -0.385 e. The van der Waals surface area contributed by atoms with Gasteiger partial charge in [-0.1, -0.05) is 29.8 Å². The van der Waals surface area contributed by atoms with Crippen LogP contribution >= 0.6 is 0 Å². The van der Waals surface area contributed by atoms with Crippen LogP contribution in [0.4, 0.5) is 0 Å². The first-order valence-corrected chi connectivity index (χ1v) is 11.0. The van der Waals surface area contributed by atoms with Crippen LogP contribution in [-0.2, 0) is 11.3 Å². The van der Waals surface area contributed by atoms with E-state index in [0.29, 0.717) is 0 Å². The molecule has 6 nitrogen and oxygen atoms in total. The van der Waals surface area contributed by atoms with Crippen LogP contribution in [0.25, 0.3) is 0 Å². The number of benzene rings is 1. The number of likely N-dealkylation sites (tertiary alicyclic amines) is 1. The minimum atomic E-state index is 0.722. The maximum atomic E-state index is 5.11. The zero-order valence-electron chi connectivity index (χ0n) is 18.9. The van der Waals surface area contributed by atoms with Crippen LogP contribution in [0.1, 0.15) is 30.4 Å². The van der Waals surface area contributed by atoms with E-state index in [0.717, 1.165) is 57.6 Å². The van der Waals surface area contributed by atoms with Gasteiger partial charge in [0, 0.05) is 53.5 Å². The summed E-state index contributed by atoms with van der Waals surface area (Å²) in [7, 11) is 5.75. The van der Waals surface area contributed by atoms with Crippen molar-refractivity contribution < 1.29 is 4.74 Å². The van der Waals surface area contributed by atoms with Crippen molar-refractivity contribution in [2.24, 2.45) is 10.9 Å². The molecule has 0 atom stereocenters. The quantitative estimate of drug-likeness (QED) is 0.337. The second-order valence-electron chi connectivity index (χ2n) is 8.23. The summed E-state index contributed by atoms with van der Waals surface area (Å²) in [6.45, 7) is 10.4. The van der Waals surface area contributed by atoms with Crippen LogP contribution in [-0.4, -0.2) is 82.8 Å². The smallest absolute Gasteiger partial charge is 0.191 e. The molecule has 1 aromatic carbocycles. The largest absolute Gasteiger partial charge is 0.385 e. The SMILES string of the molecule is CN=C(NCCN(C)CCCOC)NCC1CCN(Cc2ccc(C)cc2)CC1. The molecule has 0 bridgehead atoms. The lowest BCUT2D eigenvalue weighted by atomic mass is 9.96. The van der Waals surface area contributed by atoms with Crippen LogP contribution in [0.5, 0.6) is 0 Å². The number of piperidine rings is 1. The summed E-state index contributed by atoms with van der Waals surface area (Å²) in [4.78, 5) is 9.27. The van der Waals surface area contributed by atoms with Crippen LogP contribution in [0.15, 0.2) is 29.3 Å². The lowest BCUT2D eigenvalue weighted by Gasteiger charge is -2.32. The number of aryl methyl sites for hydroxylation is 1. The molecule has 1 aromatic rings. The molecule has 0 radical (unpaired) electrons. The van der Waals surface area contributed by atoms with Crippen LogP contribution in [0.3, 0.4) is 0 Å². The number of guanidine groups is 1. The summed E-state index contributed by atoms with van der Waals surface area (Å²) in [6.07, 6.45) is 3.57. The van der Waals surface area contributed by atoms with Gasteiger partial charge in [-0.2, -0.15) is 0 Å².